The maximum absolute atomic E-state index is 5.78. The summed E-state index contributed by atoms with van der Waals surface area (Å²) in [5, 5.41) is 11.7. The summed E-state index contributed by atoms with van der Waals surface area (Å²) in [6, 6.07) is 11.0. The van der Waals surface area contributed by atoms with Gasteiger partial charge >= 0.3 is 0 Å². The van der Waals surface area contributed by atoms with Crippen LogP contribution >= 0.6 is 0 Å². The topological polar surface area (TPSA) is 51.0 Å². The molecule has 4 heteroatoms. The smallest absolute Gasteiger partial charge is 0.230 e. The van der Waals surface area contributed by atoms with Gasteiger partial charge in [0.1, 0.15) is 0 Å². The highest BCUT2D eigenvalue weighted by molar-refractivity contribution is 5.24. The molecule has 0 radical (unpaired) electrons. The van der Waals surface area contributed by atoms with Crippen molar-refractivity contribution in [3.8, 4) is 0 Å². The predicted molar refractivity (Wildman–Crippen MR) is 72.7 cm³/mol. The summed E-state index contributed by atoms with van der Waals surface area (Å²) >= 11 is 0. The van der Waals surface area contributed by atoms with E-state index in [2.05, 4.69) is 34.6 Å². The highest BCUT2D eigenvalue weighted by Gasteiger charge is 2.22. The molecule has 19 heavy (non-hydrogen) atoms. The molecule has 1 fully saturated rings. The van der Waals surface area contributed by atoms with Crippen molar-refractivity contribution in [3.05, 3.63) is 47.7 Å². The largest absolute Gasteiger partial charge is 0.423 e. The van der Waals surface area contributed by atoms with Gasteiger partial charge in [-0.2, -0.15) is 0 Å². The van der Waals surface area contributed by atoms with Gasteiger partial charge in [0.25, 0.3) is 0 Å². The molecule has 1 N–H and O–H groups in total. The molecular weight excluding hydrogens is 238 g/mol. The Morgan fingerprint density at radius 2 is 2.05 bits per heavy atom. The third-order valence-electron chi connectivity index (χ3n) is 3.51. The molecule has 0 amide bonds. The zero-order valence-electron chi connectivity index (χ0n) is 11.2. The lowest BCUT2D eigenvalue weighted by atomic mass is 9.97. The summed E-state index contributed by atoms with van der Waals surface area (Å²) in [6.07, 6.45) is 3.49. The van der Waals surface area contributed by atoms with Crippen molar-refractivity contribution in [2.45, 2.75) is 44.7 Å². The molecule has 4 nitrogen and oxygen atoms in total. The average Bonchev–Trinajstić information content (AvgIpc) is 3.17. The minimum absolute atomic E-state index is 0.198. The Balaban J connectivity index is 1.72. The second kappa shape index (κ2) is 5.53. The molecule has 1 aliphatic rings. The van der Waals surface area contributed by atoms with Crippen LogP contribution in [0.25, 0.3) is 0 Å². The molecule has 0 spiro atoms. The van der Waals surface area contributed by atoms with Gasteiger partial charge in [-0.05, 0) is 24.8 Å². The monoisotopic (exact) mass is 257 g/mol. The van der Waals surface area contributed by atoms with Gasteiger partial charge in [-0.15, -0.1) is 10.2 Å². The van der Waals surface area contributed by atoms with E-state index >= 15 is 0 Å². The first kappa shape index (κ1) is 12.4. The third-order valence-corrected chi connectivity index (χ3v) is 3.51. The summed E-state index contributed by atoms with van der Waals surface area (Å²) < 4.78 is 5.78. The van der Waals surface area contributed by atoms with Crippen LogP contribution in [0.5, 0.6) is 0 Å². The van der Waals surface area contributed by atoms with E-state index in [1.807, 2.05) is 18.2 Å². The second-order valence-corrected chi connectivity index (χ2v) is 5.06. The predicted octanol–water partition coefficient (Wildman–Crippen LogP) is 2.86. The quantitative estimate of drug-likeness (QED) is 0.864. The van der Waals surface area contributed by atoms with Gasteiger partial charge in [-0.3, -0.25) is 0 Å². The van der Waals surface area contributed by atoms with Gasteiger partial charge in [0.05, 0.1) is 12.5 Å². The van der Waals surface area contributed by atoms with Crippen molar-refractivity contribution in [2.75, 3.05) is 0 Å². The number of nitrogens with zero attached hydrogens (tertiary/aromatic N) is 2. The third kappa shape index (κ3) is 3.01. The lowest BCUT2D eigenvalue weighted by Gasteiger charge is -2.10. The Bertz CT molecular complexity index is 519. The molecule has 1 aromatic heterocycles. The Kier molecular flexibility index (Phi) is 3.60. The van der Waals surface area contributed by atoms with Crippen LogP contribution in [0.4, 0.5) is 0 Å². The number of nitrogens with one attached hydrogen (secondary N) is 1. The normalized spacial score (nSPS) is 16.5. The lowest BCUT2D eigenvalue weighted by Crippen LogP contribution is -2.15. The van der Waals surface area contributed by atoms with Crippen molar-refractivity contribution in [2.24, 2.45) is 0 Å². The maximum atomic E-state index is 5.78. The maximum Gasteiger partial charge on any atom is 0.230 e. The van der Waals surface area contributed by atoms with Gasteiger partial charge in [-0.1, -0.05) is 37.3 Å². The molecular formula is C15H19N3O. The Morgan fingerprint density at radius 1 is 1.26 bits per heavy atom. The van der Waals surface area contributed by atoms with Gasteiger partial charge in [0, 0.05) is 6.04 Å². The number of hydrogen-bond acceptors (Lipinski definition) is 4. The minimum atomic E-state index is 0.198. The minimum Gasteiger partial charge on any atom is -0.423 e. The molecule has 1 heterocycles. The lowest BCUT2D eigenvalue weighted by molar-refractivity contribution is 0.414. The van der Waals surface area contributed by atoms with Gasteiger partial charge in [0.2, 0.25) is 11.8 Å². The van der Waals surface area contributed by atoms with Crippen LogP contribution in [0.3, 0.4) is 0 Å². The summed E-state index contributed by atoms with van der Waals surface area (Å²) in [5.74, 6) is 1.61. The molecule has 0 aliphatic heterocycles. The Morgan fingerprint density at radius 3 is 2.74 bits per heavy atom. The van der Waals surface area contributed by atoms with Crippen LogP contribution in [-0.2, 0) is 6.54 Å². The van der Waals surface area contributed by atoms with Crippen molar-refractivity contribution >= 4 is 0 Å². The Hall–Kier alpha value is -1.68. The molecule has 1 aliphatic carbocycles. The fourth-order valence-electron chi connectivity index (χ4n) is 2.24. The molecule has 1 saturated carbocycles. The van der Waals surface area contributed by atoms with E-state index in [0.717, 1.165) is 12.3 Å². The van der Waals surface area contributed by atoms with E-state index in [4.69, 9.17) is 4.42 Å². The van der Waals surface area contributed by atoms with E-state index in [1.54, 1.807) is 0 Å². The van der Waals surface area contributed by atoms with Crippen LogP contribution in [0.1, 0.15) is 49.4 Å². The first-order valence-corrected chi connectivity index (χ1v) is 6.97. The fraction of sp³-hybridized carbons (Fsp3) is 0.467. The highest BCUT2D eigenvalue weighted by atomic mass is 16.4. The van der Waals surface area contributed by atoms with Crippen molar-refractivity contribution in [3.63, 3.8) is 0 Å². The highest BCUT2D eigenvalue weighted by Crippen LogP contribution is 2.26. The van der Waals surface area contributed by atoms with Crippen LogP contribution in [0.15, 0.2) is 34.7 Å². The molecule has 0 saturated heterocycles. The van der Waals surface area contributed by atoms with Crippen molar-refractivity contribution in [1.29, 1.82) is 0 Å². The Labute approximate surface area is 113 Å². The number of aromatic nitrogens is 2. The van der Waals surface area contributed by atoms with E-state index in [-0.39, 0.29) is 5.92 Å². The van der Waals surface area contributed by atoms with E-state index in [9.17, 15) is 0 Å². The number of rotatable bonds is 6. The van der Waals surface area contributed by atoms with E-state index in [0.29, 0.717) is 18.5 Å². The summed E-state index contributed by atoms with van der Waals surface area (Å²) in [5.41, 5.74) is 1.23. The number of benzene rings is 1. The van der Waals surface area contributed by atoms with Crippen LogP contribution in [-0.4, -0.2) is 16.2 Å². The molecule has 1 unspecified atom stereocenters. The SMILES string of the molecule is CCC(c1ccccc1)c1nnc(CNC2CC2)o1. The van der Waals surface area contributed by atoms with Crippen LogP contribution < -0.4 is 5.32 Å². The van der Waals surface area contributed by atoms with E-state index < -0.39 is 0 Å². The second-order valence-electron chi connectivity index (χ2n) is 5.06. The molecule has 1 aromatic carbocycles. The van der Waals surface area contributed by atoms with Gasteiger partial charge in [0.15, 0.2) is 0 Å². The van der Waals surface area contributed by atoms with Crippen LogP contribution in [0.2, 0.25) is 0 Å². The molecule has 3 rings (SSSR count). The zero-order chi connectivity index (χ0) is 13.1. The van der Waals surface area contributed by atoms with Crippen molar-refractivity contribution in [1.82, 2.24) is 15.5 Å². The standard InChI is InChI=1S/C15H19N3O/c1-2-13(11-6-4-3-5-7-11)15-18-17-14(19-15)10-16-12-8-9-12/h3-7,12-13,16H,2,8-10H2,1H3. The molecule has 0 bridgehead atoms. The van der Waals surface area contributed by atoms with Crippen molar-refractivity contribution < 1.29 is 4.42 Å². The summed E-state index contributed by atoms with van der Waals surface area (Å²) in [6.45, 7) is 2.83. The van der Waals surface area contributed by atoms with Gasteiger partial charge in [-0.25, -0.2) is 0 Å². The molecule has 100 valence electrons. The fourth-order valence-corrected chi connectivity index (χ4v) is 2.24. The first-order chi connectivity index (χ1) is 9.36. The summed E-state index contributed by atoms with van der Waals surface area (Å²) in [4.78, 5) is 0. The van der Waals surface area contributed by atoms with Gasteiger partial charge < -0.3 is 9.73 Å². The summed E-state index contributed by atoms with van der Waals surface area (Å²) in [7, 11) is 0. The zero-order valence-corrected chi connectivity index (χ0v) is 11.2. The van der Waals surface area contributed by atoms with Crippen LogP contribution in [0, 0.1) is 0 Å². The average molecular weight is 257 g/mol. The molecule has 2 aromatic rings. The first-order valence-electron chi connectivity index (χ1n) is 6.97. The van der Waals surface area contributed by atoms with E-state index in [1.165, 1.54) is 18.4 Å². The molecule has 1 atom stereocenters. The number of hydrogen-bond donors (Lipinski definition) is 1.